The van der Waals surface area contributed by atoms with Gasteiger partial charge in [0.15, 0.2) is 0 Å². The van der Waals surface area contributed by atoms with Crippen molar-refractivity contribution in [3.05, 3.63) is 71.8 Å². The van der Waals surface area contributed by atoms with Crippen LogP contribution in [0.15, 0.2) is 60.7 Å². The second-order valence-electron chi connectivity index (χ2n) is 7.15. The number of nitrogens with two attached hydrogens (primary N) is 3. The quantitative estimate of drug-likeness (QED) is 0.250. The maximum atomic E-state index is 10.4. The number of benzene rings is 2. The predicted octanol–water partition coefficient (Wildman–Crippen LogP) is 0.545. The second kappa shape index (κ2) is 16.8. The number of hydrogen-bond donors (Lipinski definition) is 7. The molecule has 2 aromatic rings. The average molecular weight is 478 g/mol. The van der Waals surface area contributed by atoms with Gasteiger partial charge in [-0.25, -0.2) is 0 Å². The van der Waals surface area contributed by atoms with Crippen LogP contribution >= 0.6 is 0 Å². The Kier molecular flexibility index (Phi) is 14.9. The average Bonchev–Trinajstić information content (AvgIpc) is 2.79. The van der Waals surface area contributed by atoms with Crippen molar-refractivity contribution in [1.82, 2.24) is 0 Å². The van der Waals surface area contributed by atoms with Crippen LogP contribution < -0.4 is 17.2 Å². The van der Waals surface area contributed by atoms with Crippen molar-refractivity contribution < 1.29 is 39.6 Å². The van der Waals surface area contributed by atoms with Crippen LogP contribution in [0.3, 0.4) is 0 Å². The van der Waals surface area contributed by atoms with Gasteiger partial charge in [0.1, 0.15) is 18.1 Å². The maximum absolute atomic E-state index is 10.4. The Morgan fingerprint density at radius 3 is 1.18 bits per heavy atom. The van der Waals surface area contributed by atoms with Gasteiger partial charge in [-0.3, -0.25) is 19.2 Å². The summed E-state index contributed by atoms with van der Waals surface area (Å²) >= 11 is 0. The summed E-state index contributed by atoms with van der Waals surface area (Å²) in [5.41, 5.74) is 17.6. The van der Waals surface area contributed by atoms with Gasteiger partial charge < -0.3 is 37.6 Å². The molecule has 0 saturated heterocycles. The first-order valence-electron chi connectivity index (χ1n) is 10.2. The summed E-state index contributed by atoms with van der Waals surface area (Å²) < 4.78 is 0. The van der Waals surface area contributed by atoms with E-state index in [0.29, 0.717) is 12.8 Å². The van der Waals surface area contributed by atoms with Gasteiger partial charge in [0.25, 0.3) is 0 Å². The van der Waals surface area contributed by atoms with Crippen LogP contribution in [0.5, 0.6) is 0 Å². The SMILES string of the molecule is NC(CCC(=O)O)C(=O)O.NC(Cc1ccccc1)C(=O)O.NC(Cc1ccccc1)C(=O)O. The molecule has 0 aliphatic carbocycles. The van der Waals surface area contributed by atoms with E-state index in [4.69, 9.17) is 37.6 Å². The molecule has 186 valence electrons. The third kappa shape index (κ3) is 15.1. The molecule has 0 aliphatic rings. The molecule has 34 heavy (non-hydrogen) atoms. The van der Waals surface area contributed by atoms with Gasteiger partial charge >= 0.3 is 23.9 Å². The minimum absolute atomic E-state index is 0.0231. The van der Waals surface area contributed by atoms with Crippen LogP contribution in [0, 0.1) is 0 Å². The van der Waals surface area contributed by atoms with Crippen LogP contribution in [0.2, 0.25) is 0 Å². The predicted molar refractivity (Wildman–Crippen MR) is 124 cm³/mol. The Balaban J connectivity index is 0.000000484. The number of carbonyl (C=O) groups is 4. The zero-order chi connectivity index (χ0) is 26.1. The molecule has 3 atom stereocenters. The first-order valence-corrected chi connectivity index (χ1v) is 10.2. The summed E-state index contributed by atoms with van der Waals surface area (Å²) in [6.07, 6.45) is 0.546. The molecule has 0 aromatic heterocycles. The summed E-state index contributed by atoms with van der Waals surface area (Å²) in [7, 11) is 0. The number of rotatable bonds is 10. The first kappa shape index (κ1) is 30.2. The lowest BCUT2D eigenvalue weighted by Crippen LogP contribution is -2.32. The first-order chi connectivity index (χ1) is 15.9. The standard InChI is InChI=1S/2C9H11NO2.C5H9NO4/c2*10-8(9(11)12)6-7-4-2-1-3-5-7;6-3(5(9)10)1-2-4(7)8/h2*1-5,8H,6,10H2,(H,11,12);3H,1-2,6H2,(H,7,8)(H,9,10). The molecule has 0 saturated carbocycles. The fourth-order valence-electron chi connectivity index (χ4n) is 2.31. The Morgan fingerprint density at radius 1 is 0.588 bits per heavy atom. The molecule has 0 spiro atoms. The molecule has 2 aromatic carbocycles. The smallest absolute Gasteiger partial charge is 0.320 e. The van der Waals surface area contributed by atoms with Crippen molar-refractivity contribution in [3.8, 4) is 0 Å². The normalized spacial score (nSPS) is 12.4. The fourth-order valence-corrected chi connectivity index (χ4v) is 2.31. The van der Waals surface area contributed by atoms with Crippen molar-refractivity contribution in [3.63, 3.8) is 0 Å². The lowest BCUT2D eigenvalue weighted by molar-refractivity contribution is -0.140. The highest BCUT2D eigenvalue weighted by Crippen LogP contribution is 2.02. The van der Waals surface area contributed by atoms with Crippen molar-refractivity contribution >= 4 is 23.9 Å². The van der Waals surface area contributed by atoms with Crippen LogP contribution in [-0.4, -0.2) is 62.4 Å². The Hall–Kier alpha value is -3.80. The topological polar surface area (TPSA) is 227 Å². The van der Waals surface area contributed by atoms with Gasteiger partial charge in [-0.1, -0.05) is 60.7 Å². The van der Waals surface area contributed by atoms with E-state index >= 15 is 0 Å². The Bertz CT molecular complexity index is 836. The summed E-state index contributed by atoms with van der Waals surface area (Å²) in [6.45, 7) is 0. The molecule has 11 heteroatoms. The van der Waals surface area contributed by atoms with Crippen LogP contribution in [0.1, 0.15) is 24.0 Å². The molecular formula is C23H31N3O8. The molecule has 0 radical (unpaired) electrons. The largest absolute Gasteiger partial charge is 0.481 e. The Labute approximate surface area is 196 Å². The van der Waals surface area contributed by atoms with Gasteiger partial charge in [-0.05, 0) is 30.4 Å². The van der Waals surface area contributed by atoms with Crippen LogP contribution in [-0.2, 0) is 32.0 Å². The van der Waals surface area contributed by atoms with E-state index in [2.05, 4.69) is 0 Å². The van der Waals surface area contributed by atoms with Gasteiger partial charge in [0, 0.05) is 6.42 Å². The summed E-state index contributed by atoms with van der Waals surface area (Å²) in [5.74, 6) is -4.12. The zero-order valence-electron chi connectivity index (χ0n) is 18.5. The van der Waals surface area contributed by atoms with Crippen molar-refractivity contribution in [2.75, 3.05) is 0 Å². The lowest BCUT2D eigenvalue weighted by atomic mass is 10.1. The van der Waals surface area contributed by atoms with Crippen molar-refractivity contribution in [1.29, 1.82) is 0 Å². The van der Waals surface area contributed by atoms with Crippen molar-refractivity contribution in [2.45, 2.75) is 43.8 Å². The molecule has 0 heterocycles. The minimum atomic E-state index is -1.17. The van der Waals surface area contributed by atoms with E-state index in [9.17, 15) is 19.2 Å². The van der Waals surface area contributed by atoms with E-state index in [-0.39, 0.29) is 12.8 Å². The monoisotopic (exact) mass is 477 g/mol. The molecule has 2 rings (SSSR count). The van der Waals surface area contributed by atoms with E-state index in [1.165, 1.54) is 0 Å². The minimum Gasteiger partial charge on any atom is -0.481 e. The molecular weight excluding hydrogens is 446 g/mol. The van der Waals surface area contributed by atoms with Gasteiger partial charge in [-0.15, -0.1) is 0 Å². The second-order valence-corrected chi connectivity index (χ2v) is 7.15. The summed E-state index contributed by atoms with van der Waals surface area (Å²) in [6, 6.07) is 16.0. The highest BCUT2D eigenvalue weighted by atomic mass is 16.4. The summed E-state index contributed by atoms with van der Waals surface area (Å²) in [4.78, 5) is 40.6. The van der Waals surface area contributed by atoms with Gasteiger partial charge in [0.05, 0.1) is 0 Å². The highest BCUT2D eigenvalue weighted by molar-refractivity contribution is 5.75. The number of carboxylic acid groups (broad SMARTS) is 4. The van der Waals surface area contributed by atoms with Crippen LogP contribution in [0.25, 0.3) is 0 Å². The van der Waals surface area contributed by atoms with E-state index in [1.807, 2.05) is 60.7 Å². The zero-order valence-corrected chi connectivity index (χ0v) is 18.5. The molecule has 3 unspecified atom stereocenters. The molecule has 0 bridgehead atoms. The third-order valence-corrected chi connectivity index (χ3v) is 4.22. The molecule has 0 aliphatic heterocycles. The summed E-state index contributed by atoms with van der Waals surface area (Å²) in [5, 5.41) is 33.3. The molecule has 0 amide bonds. The third-order valence-electron chi connectivity index (χ3n) is 4.22. The number of carboxylic acids is 4. The van der Waals surface area contributed by atoms with Gasteiger partial charge in [0.2, 0.25) is 0 Å². The van der Waals surface area contributed by atoms with Crippen LogP contribution in [0.4, 0.5) is 0 Å². The van der Waals surface area contributed by atoms with E-state index < -0.39 is 42.0 Å². The van der Waals surface area contributed by atoms with Crippen molar-refractivity contribution in [2.24, 2.45) is 17.2 Å². The Morgan fingerprint density at radius 2 is 0.912 bits per heavy atom. The van der Waals surface area contributed by atoms with Gasteiger partial charge in [-0.2, -0.15) is 0 Å². The molecule has 11 nitrogen and oxygen atoms in total. The molecule has 10 N–H and O–H groups in total. The molecule has 0 fully saturated rings. The van der Waals surface area contributed by atoms with E-state index in [1.54, 1.807) is 0 Å². The van der Waals surface area contributed by atoms with E-state index in [0.717, 1.165) is 11.1 Å². The number of aliphatic carboxylic acids is 4. The fraction of sp³-hybridized carbons (Fsp3) is 0.304. The number of hydrogen-bond acceptors (Lipinski definition) is 7. The maximum Gasteiger partial charge on any atom is 0.320 e. The highest BCUT2D eigenvalue weighted by Gasteiger charge is 2.13. The lowest BCUT2D eigenvalue weighted by Gasteiger charge is -2.04.